The maximum atomic E-state index is 11.8. The Kier molecular flexibility index (Phi) is 10.0. The van der Waals surface area contributed by atoms with E-state index < -0.39 is 23.3 Å². The second kappa shape index (κ2) is 12.5. The van der Waals surface area contributed by atoms with Gasteiger partial charge in [-0.25, -0.2) is 0 Å². The van der Waals surface area contributed by atoms with E-state index in [4.69, 9.17) is 0 Å². The Morgan fingerprint density at radius 1 is 0.774 bits per heavy atom. The Bertz CT molecular complexity index is 684. The summed E-state index contributed by atoms with van der Waals surface area (Å²) in [4.78, 5) is 34.6. The molecule has 3 N–H and O–H groups in total. The van der Waals surface area contributed by atoms with Crippen LogP contribution in [0.15, 0.2) is 30.3 Å². The molecule has 2 rings (SSSR count). The summed E-state index contributed by atoms with van der Waals surface area (Å²) < 4.78 is 0. The molecule has 6 heteroatoms. The minimum Gasteiger partial charge on any atom is -0.481 e. The average molecular weight is 432 g/mol. The van der Waals surface area contributed by atoms with Crippen LogP contribution in [0.4, 0.5) is 0 Å². The maximum absolute atomic E-state index is 11.8. The smallest absolute Gasteiger partial charge is 0.303 e. The minimum atomic E-state index is -0.885. The van der Waals surface area contributed by atoms with Crippen molar-refractivity contribution in [2.75, 3.05) is 0 Å². The molecule has 171 valence electrons. The van der Waals surface area contributed by atoms with Crippen LogP contribution < -0.4 is 0 Å². The lowest BCUT2D eigenvalue weighted by atomic mass is 9.68. The van der Waals surface area contributed by atoms with E-state index in [1.54, 1.807) is 0 Å². The van der Waals surface area contributed by atoms with Gasteiger partial charge in [0.2, 0.25) is 0 Å². The highest BCUT2D eigenvalue weighted by atomic mass is 16.4. The van der Waals surface area contributed by atoms with E-state index in [2.05, 4.69) is 0 Å². The topological polar surface area (TPSA) is 112 Å². The molecule has 2 atom stereocenters. The fraction of sp³-hybridized carbons (Fsp3) is 0.600. The highest BCUT2D eigenvalue weighted by Crippen LogP contribution is 2.43. The molecule has 1 aromatic rings. The van der Waals surface area contributed by atoms with E-state index in [9.17, 15) is 29.7 Å². The van der Waals surface area contributed by atoms with Gasteiger partial charge < -0.3 is 15.3 Å². The zero-order chi connectivity index (χ0) is 22.7. The Morgan fingerprint density at radius 3 is 1.74 bits per heavy atom. The molecule has 0 saturated heterocycles. The van der Waals surface area contributed by atoms with Crippen LogP contribution in [0.3, 0.4) is 0 Å². The van der Waals surface area contributed by atoms with Crippen molar-refractivity contribution in [3.63, 3.8) is 0 Å². The SMILES string of the molecule is O=C(O)CC1CCCCCC(CC(=O)O)CCC([CH]c2ccccc2)(CC(=O)O)CC1. The first kappa shape index (κ1) is 24.9. The monoisotopic (exact) mass is 431 g/mol. The summed E-state index contributed by atoms with van der Waals surface area (Å²) in [7, 11) is 0. The molecule has 1 aliphatic rings. The fourth-order valence-corrected chi connectivity index (χ4v) is 4.92. The third kappa shape index (κ3) is 9.53. The first-order valence-electron chi connectivity index (χ1n) is 11.3. The molecular formula is C25H35O6. The molecule has 2 unspecified atom stereocenters. The summed E-state index contributed by atoms with van der Waals surface area (Å²) in [6.07, 6.45) is 9.14. The van der Waals surface area contributed by atoms with Crippen molar-refractivity contribution in [3.05, 3.63) is 42.3 Å². The highest BCUT2D eigenvalue weighted by Gasteiger charge is 2.35. The van der Waals surface area contributed by atoms with Gasteiger partial charge >= 0.3 is 17.9 Å². The molecule has 31 heavy (non-hydrogen) atoms. The van der Waals surface area contributed by atoms with Crippen LogP contribution in [-0.4, -0.2) is 33.2 Å². The van der Waals surface area contributed by atoms with Gasteiger partial charge in [0.15, 0.2) is 0 Å². The fourth-order valence-electron chi connectivity index (χ4n) is 4.92. The first-order chi connectivity index (χ1) is 14.8. The second-order valence-electron chi connectivity index (χ2n) is 9.13. The maximum Gasteiger partial charge on any atom is 0.303 e. The Morgan fingerprint density at radius 2 is 1.29 bits per heavy atom. The van der Waals surface area contributed by atoms with E-state index in [0.717, 1.165) is 37.7 Å². The van der Waals surface area contributed by atoms with Crippen molar-refractivity contribution in [3.8, 4) is 0 Å². The number of carbonyl (C=O) groups is 3. The van der Waals surface area contributed by atoms with E-state index in [1.807, 2.05) is 36.8 Å². The van der Waals surface area contributed by atoms with Crippen LogP contribution in [0.2, 0.25) is 0 Å². The molecule has 0 amide bonds. The largest absolute Gasteiger partial charge is 0.481 e. The van der Waals surface area contributed by atoms with Crippen molar-refractivity contribution < 1.29 is 29.7 Å². The van der Waals surface area contributed by atoms with E-state index in [-0.39, 0.29) is 31.1 Å². The third-order valence-corrected chi connectivity index (χ3v) is 6.53. The molecule has 0 heterocycles. The van der Waals surface area contributed by atoms with E-state index in [0.29, 0.717) is 25.7 Å². The second-order valence-corrected chi connectivity index (χ2v) is 9.13. The first-order valence-corrected chi connectivity index (χ1v) is 11.3. The summed E-state index contributed by atoms with van der Waals surface area (Å²) in [5, 5.41) is 28.4. The standard InChI is InChI=1S/C25H35O6/c26-22(27)15-19-7-3-1-4-8-20(16-23(28)29)12-14-25(13-11-19,18-24(30)31)17-21-9-5-2-6-10-21/h2,5-6,9-10,17,19-20H,1,3-4,7-8,11-16,18H2,(H,26,27)(H,28,29)(H,30,31). The number of benzene rings is 1. The summed E-state index contributed by atoms with van der Waals surface area (Å²) in [5.74, 6) is -2.44. The summed E-state index contributed by atoms with van der Waals surface area (Å²) in [6.45, 7) is 0. The zero-order valence-corrected chi connectivity index (χ0v) is 18.2. The van der Waals surface area contributed by atoms with Crippen molar-refractivity contribution in [1.82, 2.24) is 0 Å². The molecule has 1 aromatic carbocycles. The molecule has 0 aliphatic heterocycles. The molecule has 0 spiro atoms. The lowest BCUT2D eigenvalue weighted by molar-refractivity contribution is -0.141. The van der Waals surface area contributed by atoms with E-state index >= 15 is 0 Å². The molecule has 1 radical (unpaired) electrons. The number of carboxylic acids is 3. The molecule has 0 bridgehead atoms. The van der Waals surface area contributed by atoms with E-state index in [1.165, 1.54) is 0 Å². The molecular weight excluding hydrogens is 396 g/mol. The van der Waals surface area contributed by atoms with Crippen molar-refractivity contribution in [2.45, 2.75) is 77.0 Å². The minimum absolute atomic E-state index is 0.0316. The number of aliphatic carboxylic acids is 3. The van der Waals surface area contributed by atoms with Gasteiger partial charge in [0.05, 0.1) is 6.42 Å². The number of carboxylic acid groups (broad SMARTS) is 3. The summed E-state index contributed by atoms with van der Waals surface area (Å²) in [5.41, 5.74) is 0.320. The Hall–Kier alpha value is -2.37. The van der Waals surface area contributed by atoms with Gasteiger partial charge in [-0.3, -0.25) is 14.4 Å². The molecule has 0 aromatic heterocycles. The summed E-state index contributed by atoms with van der Waals surface area (Å²) >= 11 is 0. The number of hydrogen-bond acceptors (Lipinski definition) is 3. The van der Waals surface area contributed by atoms with Crippen LogP contribution in [0, 0.1) is 23.7 Å². The van der Waals surface area contributed by atoms with Crippen molar-refractivity contribution in [1.29, 1.82) is 0 Å². The van der Waals surface area contributed by atoms with Crippen molar-refractivity contribution >= 4 is 17.9 Å². The normalized spacial score (nSPS) is 25.7. The lowest BCUT2D eigenvalue weighted by Crippen LogP contribution is -2.28. The Labute approximate surface area is 184 Å². The van der Waals surface area contributed by atoms with Crippen LogP contribution in [0.1, 0.15) is 82.6 Å². The molecule has 1 saturated carbocycles. The molecule has 1 aliphatic carbocycles. The quantitative estimate of drug-likeness (QED) is 0.508. The third-order valence-electron chi connectivity index (χ3n) is 6.53. The highest BCUT2D eigenvalue weighted by molar-refractivity contribution is 5.68. The lowest BCUT2D eigenvalue weighted by Gasteiger charge is -2.35. The summed E-state index contributed by atoms with van der Waals surface area (Å²) in [6, 6.07) is 9.63. The zero-order valence-electron chi connectivity index (χ0n) is 18.2. The van der Waals surface area contributed by atoms with Gasteiger partial charge in [0.1, 0.15) is 0 Å². The van der Waals surface area contributed by atoms with Crippen LogP contribution in [-0.2, 0) is 14.4 Å². The van der Waals surface area contributed by atoms with Gasteiger partial charge in [-0.1, -0.05) is 49.6 Å². The van der Waals surface area contributed by atoms with Crippen LogP contribution in [0.25, 0.3) is 0 Å². The number of hydrogen-bond donors (Lipinski definition) is 3. The average Bonchev–Trinajstić information content (AvgIpc) is 2.68. The van der Waals surface area contributed by atoms with Crippen molar-refractivity contribution in [2.24, 2.45) is 17.3 Å². The van der Waals surface area contributed by atoms with Crippen LogP contribution in [0.5, 0.6) is 0 Å². The van der Waals surface area contributed by atoms with Gasteiger partial charge in [-0.15, -0.1) is 0 Å². The molecule has 6 nitrogen and oxygen atoms in total. The van der Waals surface area contributed by atoms with Gasteiger partial charge in [-0.2, -0.15) is 0 Å². The number of rotatable bonds is 8. The van der Waals surface area contributed by atoms with Gasteiger partial charge in [0.25, 0.3) is 0 Å². The van der Waals surface area contributed by atoms with Gasteiger partial charge in [-0.05, 0) is 67.8 Å². The predicted octanol–water partition coefficient (Wildman–Crippen LogP) is 5.41. The predicted molar refractivity (Wildman–Crippen MR) is 118 cm³/mol. The molecule has 1 fully saturated rings. The van der Waals surface area contributed by atoms with Crippen LogP contribution >= 0.6 is 0 Å². The van der Waals surface area contributed by atoms with Gasteiger partial charge in [0, 0.05) is 12.8 Å². The Balaban J connectivity index is 2.30.